The van der Waals surface area contributed by atoms with Crippen molar-refractivity contribution in [1.29, 1.82) is 0 Å². The van der Waals surface area contributed by atoms with E-state index in [2.05, 4.69) is 24.8 Å². The summed E-state index contributed by atoms with van der Waals surface area (Å²) >= 11 is 0. The quantitative estimate of drug-likeness (QED) is 0.727. The van der Waals surface area contributed by atoms with E-state index in [4.69, 9.17) is 4.74 Å². The van der Waals surface area contributed by atoms with E-state index in [-0.39, 0.29) is 0 Å². The fourth-order valence-electron chi connectivity index (χ4n) is 1.76. The maximum absolute atomic E-state index is 5.58. The van der Waals surface area contributed by atoms with Crippen molar-refractivity contribution in [1.82, 2.24) is 0 Å². The lowest BCUT2D eigenvalue weighted by molar-refractivity contribution is 0.344. The molecule has 15 heavy (non-hydrogen) atoms. The van der Waals surface area contributed by atoms with Crippen molar-refractivity contribution in [3.63, 3.8) is 0 Å². The zero-order chi connectivity index (χ0) is 10.7. The minimum absolute atomic E-state index is 0.692. The molecule has 0 saturated heterocycles. The fraction of sp³-hybridized carbons (Fsp3) is 0.143. The molecule has 0 radical (unpaired) electrons. The highest BCUT2D eigenvalue weighted by molar-refractivity contribution is 5.94. The third-order valence-corrected chi connectivity index (χ3v) is 2.44. The van der Waals surface area contributed by atoms with Gasteiger partial charge in [-0.15, -0.1) is 0 Å². The van der Waals surface area contributed by atoms with Gasteiger partial charge in [-0.3, -0.25) is 0 Å². The smallest absolute Gasteiger partial charge is 0.127 e. The molecular formula is C14H14O. The summed E-state index contributed by atoms with van der Waals surface area (Å²) in [5.74, 6) is 0.943. The van der Waals surface area contributed by atoms with E-state index in [1.807, 2.05) is 31.2 Å². The summed E-state index contributed by atoms with van der Waals surface area (Å²) in [6.07, 6.45) is 1.87. The second-order valence-electron chi connectivity index (χ2n) is 3.34. The van der Waals surface area contributed by atoms with Crippen LogP contribution >= 0.6 is 0 Å². The van der Waals surface area contributed by atoms with E-state index in [1.165, 1.54) is 5.39 Å². The first-order valence-electron chi connectivity index (χ1n) is 5.13. The number of rotatable bonds is 3. The van der Waals surface area contributed by atoms with Crippen molar-refractivity contribution < 1.29 is 4.74 Å². The minimum atomic E-state index is 0.692. The lowest BCUT2D eigenvalue weighted by atomic mass is 10.0. The van der Waals surface area contributed by atoms with Crippen LogP contribution in [0.3, 0.4) is 0 Å². The van der Waals surface area contributed by atoms with Crippen molar-refractivity contribution in [3.8, 4) is 5.75 Å². The molecule has 0 aromatic heterocycles. The predicted octanol–water partition coefficient (Wildman–Crippen LogP) is 3.88. The van der Waals surface area contributed by atoms with E-state index >= 15 is 0 Å². The van der Waals surface area contributed by atoms with Crippen LogP contribution in [0.2, 0.25) is 0 Å². The molecule has 0 aliphatic carbocycles. The van der Waals surface area contributed by atoms with Gasteiger partial charge >= 0.3 is 0 Å². The largest absolute Gasteiger partial charge is 0.493 e. The van der Waals surface area contributed by atoms with Crippen molar-refractivity contribution in [3.05, 3.63) is 48.5 Å². The summed E-state index contributed by atoms with van der Waals surface area (Å²) in [7, 11) is 0. The van der Waals surface area contributed by atoms with Gasteiger partial charge in [0.25, 0.3) is 0 Å². The zero-order valence-electron chi connectivity index (χ0n) is 8.86. The topological polar surface area (TPSA) is 9.23 Å². The highest BCUT2D eigenvalue weighted by Gasteiger charge is 2.02. The Bertz CT molecular complexity index is 486. The van der Waals surface area contributed by atoms with Crippen LogP contribution in [0.4, 0.5) is 0 Å². The molecular weight excluding hydrogens is 184 g/mol. The second-order valence-corrected chi connectivity index (χ2v) is 3.34. The Morgan fingerprint density at radius 2 is 1.87 bits per heavy atom. The van der Waals surface area contributed by atoms with Gasteiger partial charge in [0.1, 0.15) is 5.75 Å². The van der Waals surface area contributed by atoms with Gasteiger partial charge in [-0.25, -0.2) is 0 Å². The number of hydrogen-bond donors (Lipinski definition) is 0. The Morgan fingerprint density at radius 1 is 1.13 bits per heavy atom. The van der Waals surface area contributed by atoms with Crippen molar-refractivity contribution in [2.75, 3.05) is 6.61 Å². The number of hydrogen-bond acceptors (Lipinski definition) is 1. The molecule has 2 rings (SSSR count). The van der Waals surface area contributed by atoms with Gasteiger partial charge in [-0.05, 0) is 23.9 Å². The third kappa shape index (κ3) is 1.73. The molecule has 0 amide bonds. The number of benzene rings is 2. The van der Waals surface area contributed by atoms with E-state index in [1.54, 1.807) is 0 Å². The Hall–Kier alpha value is -1.76. The molecule has 2 aromatic carbocycles. The van der Waals surface area contributed by atoms with Crippen LogP contribution in [0, 0.1) is 0 Å². The molecule has 1 nitrogen and oxygen atoms in total. The van der Waals surface area contributed by atoms with Gasteiger partial charge in [0.15, 0.2) is 0 Å². The predicted molar refractivity (Wildman–Crippen MR) is 65.2 cm³/mol. The van der Waals surface area contributed by atoms with Gasteiger partial charge in [-0.2, -0.15) is 0 Å². The molecule has 0 saturated carbocycles. The normalized spacial score (nSPS) is 10.2. The summed E-state index contributed by atoms with van der Waals surface area (Å²) in [5.41, 5.74) is 1.15. The van der Waals surface area contributed by atoms with Crippen LogP contribution in [0.1, 0.15) is 12.5 Å². The average molecular weight is 198 g/mol. The molecule has 0 aliphatic heterocycles. The first-order valence-corrected chi connectivity index (χ1v) is 5.13. The Balaban J connectivity index is 2.70. The SMILES string of the molecule is C=Cc1cccc2c(OCC)cccc12. The molecule has 1 heteroatoms. The summed E-state index contributed by atoms with van der Waals surface area (Å²) < 4.78 is 5.58. The van der Waals surface area contributed by atoms with Crippen LogP contribution in [0.25, 0.3) is 16.8 Å². The molecule has 0 heterocycles. The Labute approximate surface area is 90.0 Å². The van der Waals surface area contributed by atoms with Crippen LogP contribution in [-0.2, 0) is 0 Å². The van der Waals surface area contributed by atoms with E-state index < -0.39 is 0 Å². The lowest BCUT2D eigenvalue weighted by Gasteiger charge is -2.08. The molecule has 0 N–H and O–H groups in total. The van der Waals surface area contributed by atoms with Gasteiger partial charge in [0.05, 0.1) is 6.61 Å². The molecule has 0 aliphatic rings. The molecule has 0 fully saturated rings. The summed E-state index contributed by atoms with van der Waals surface area (Å²) in [4.78, 5) is 0. The third-order valence-electron chi connectivity index (χ3n) is 2.44. The van der Waals surface area contributed by atoms with Crippen LogP contribution < -0.4 is 4.74 Å². The highest BCUT2D eigenvalue weighted by atomic mass is 16.5. The Morgan fingerprint density at radius 3 is 2.60 bits per heavy atom. The van der Waals surface area contributed by atoms with Gasteiger partial charge in [-0.1, -0.05) is 43.0 Å². The summed E-state index contributed by atoms with van der Waals surface area (Å²) in [5, 5.41) is 2.34. The molecule has 0 unspecified atom stereocenters. The standard InChI is InChI=1S/C14H14O/c1-3-11-7-5-9-13-12(11)8-6-10-14(13)15-4-2/h3,5-10H,1,4H2,2H3. The van der Waals surface area contributed by atoms with E-state index in [9.17, 15) is 0 Å². The van der Waals surface area contributed by atoms with Crippen LogP contribution in [0.5, 0.6) is 5.75 Å². The minimum Gasteiger partial charge on any atom is -0.493 e. The van der Waals surface area contributed by atoms with Crippen molar-refractivity contribution >= 4 is 16.8 Å². The monoisotopic (exact) mass is 198 g/mol. The van der Waals surface area contributed by atoms with Gasteiger partial charge in [0.2, 0.25) is 0 Å². The highest BCUT2D eigenvalue weighted by Crippen LogP contribution is 2.28. The maximum Gasteiger partial charge on any atom is 0.127 e. The first-order chi connectivity index (χ1) is 7.36. The second kappa shape index (κ2) is 4.18. The maximum atomic E-state index is 5.58. The molecule has 76 valence electrons. The molecule has 0 bridgehead atoms. The van der Waals surface area contributed by atoms with E-state index in [0.29, 0.717) is 6.61 Å². The van der Waals surface area contributed by atoms with Crippen LogP contribution in [0.15, 0.2) is 43.0 Å². The number of fused-ring (bicyclic) bond motifs is 1. The van der Waals surface area contributed by atoms with Gasteiger partial charge < -0.3 is 4.74 Å². The van der Waals surface area contributed by atoms with E-state index in [0.717, 1.165) is 16.7 Å². The fourth-order valence-corrected chi connectivity index (χ4v) is 1.76. The summed E-state index contributed by atoms with van der Waals surface area (Å²) in [6, 6.07) is 12.3. The number of ether oxygens (including phenoxy) is 1. The zero-order valence-corrected chi connectivity index (χ0v) is 8.86. The summed E-state index contributed by atoms with van der Waals surface area (Å²) in [6.45, 7) is 6.50. The molecule has 0 spiro atoms. The van der Waals surface area contributed by atoms with Crippen molar-refractivity contribution in [2.24, 2.45) is 0 Å². The average Bonchev–Trinajstić information content (AvgIpc) is 2.29. The first kappa shape index (κ1) is 9.78. The lowest BCUT2D eigenvalue weighted by Crippen LogP contribution is -1.92. The molecule has 2 aromatic rings. The van der Waals surface area contributed by atoms with Crippen molar-refractivity contribution in [2.45, 2.75) is 6.92 Å². The Kier molecular flexibility index (Phi) is 2.72. The molecule has 0 atom stereocenters. The van der Waals surface area contributed by atoms with Gasteiger partial charge in [0, 0.05) is 5.39 Å². The van der Waals surface area contributed by atoms with Crippen LogP contribution in [-0.4, -0.2) is 6.61 Å².